The highest BCUT2D eigenvalue weighted by atomic mass is 16.2. The van der Waals surface area contributed by atoms with Gasteiger partial charge in [0.2, 0.25) is 11.8 Å². The minimum atomic E-state index is -0.138. The number of aryl methyl sites for hydroxylation is 2. The molecule has 0 unspecified atom stereocenters. The average molecular weight is 429 g/mol. The molecule has 0 aliphatic carbocycles. The van der Waals surface area contributed by atoms with E-state index in [0.29, 0.717) is 26.1 Å². The van der Waals surface area contributed by atoms with Crippen LogP contribution in [0.3, 0.4) is 0 Å². The van der Waals surface area contributed by atoms with Gasteiger partial charge in [-0.3, -0.25) is 14.6 Å². The molecule has 1 aliphatic heterocycles. The zero-order chi connectivity index (χ0) is 22.5. The molecule has 0 fully saturated rings. The molecule has 1 aromatic carbocycles. The Morgan fingerprint density at radius 3 is 2.75 bits per heavy atom. The van der Waals surface area contributed by atoms with Crippen molar-refractivity contribution in [1.29, 1.82) is 0 Å². The first-order valence-corrected chi connectivity index (χ1v) is 10.9. The second kappa shape index (κ2) is 9.64. The Kier molecular flexibility index (Phi) is 6.50. The predicted octanol–water partition coefficient (Wildman–Crippen LogP) is 3.19. The largest absolute Gasteiger partial charge is 0.357 e. The molecule has 2 aromatic heterocycles. The van der Waals surface area contributed by atoms with Crippen LogP contribution < -0.4 is 5.32 Å². The van der Waals surface area contributed by atoms with E-state index in [2.05, 4.69) is 10.3 Å². The fourth-order valence-electron chi connectivity index (χ4n) is 4.09. The maximum Gasteiger partial charge on any atom is 0.244 e. The van der Waals surface area contributed by atoms with E-state index < -0.39 is 0 Å². The van der Waals surface area contributed by atoms with Crippen LogP contribution in [0.15, 0.2) is 61.1 Å². The Labute approximate surface area is 188 Å². The fourth-order valence-corrected chi connectivity index (χ4v) is 4.09. The molecule has 32 heavy (non-hydrogen) atoms. The number of benzene rings is 1. The zero-order valence-corrected chi connectivity index (χ0v) is 18.5. The van der Waals surface area contributed by atoms with Gasteiger partial charge in [-0.25, -0.2) is 0 Å². The third-order valence-electron chi connectivity index (χ3n) is 5.86. The summed E-state index contributed by atoms with van der Waals surface area (Å²) in [7, 11) is 1.96. The van der Waals surface area contributed by atoms with Crippen molar-refractivity contribution in [2.75, 3.05) is 6.54 Å². The van der Waals surface area contributed by atoms with E-state index in [1.807, 2.05) is 78.4 Å². The van der Waals surface area contributed by atoms with E-state index in [9.17, 15) is 9.59 Å². The zero-order valence-electron chi connectivity index (χ0n) is 18.5. The number of aromatic nitrogens is 2. The molecule has 2 amide bonds. The van der Waals surface area contributed by atoms with Gasteiger partial charge in [0.1, 0.15) is 0 Å². The average Bonchev–Trinajstić information content (AvgIpc) is 3.21. The van der Waals surface area contributed by atoms with E-state index in [1.54, 1.807) is 12.2 Å². The van der Waals surface area contributed by atoms with Gasteiger partial charge in [-0.05, 0) is 53.3 Å². The third-order valence-corrected chi connectivity index (χ3v) is 5.86. The van der Waals surface area contributed by atoms with Gasteiger partial charge in [-0.2, -0.15) is 0 Å². The van der Waals surface area contributed by atoms with Gasteiger partial charge in [0, 0.05) is 57.0 Å². The molecule has 6 nitrogen and oxygen atoms in total. The minimum absolute atomic E-state index is 0.128. The van der Waals surface area contributed by atoms with Crippen molar-refractivity contribution >= 4 is 17.9 Å². The topological polar surface area (TPSA) is 67.2 Å². The van der Waals surface area contributed by atoms with Crippen LogP contribution in [0.4, 0.5) is 0 Å². The lowest BCUT2D eigenvalue weighted by Gasteiger charge is -2.30. The van der Waals surface area contributed by atoms with E-state index in [-0.39, 0.29) is 11.8 Å². The van der Waals surface area contributed by atoms with Gasteiger partial charge >= 0.3 is 0 Å². The molecule has 0 saturated heterocycles. The Hall–Kier alpha value is -3.67. The van der Waals surface area contributed by atoms with Gasteiger partial charge < -0.3 is 14.8 Å². The molecule has 0 radical (unpaired) electrons. The van der Waals surface area contributed by atoms with Crippen LogP contribution in [0.5, 0.6) is 0 Å². The van der Waals surface area contributed by atoms with E-state index >= 15 is 0 Å². The van der Waals surface area contributed by atoms with Gasteiger partial charge in [0.25, 0.3) is 0 Å². The maximum absolute atomic E-state index is 12.8. The quantitative estimate of drug-likeness (QED) is 0.613. The Balaban J connectivity index is 1.40. The summed E-state index contributed by atoms with van der Waals surface area (Å²) < 4.78 is 1.95. The number of carbonyl (C=O) groups is 2. The molecule has 0 bridgehead atoms. The second-order valence-electron chi connectivity index (χ2n) is 8.22. The van der Waals surface area contributed by atoms with Crippen LogP contribution in [-0.2, 0) is 42.6 Å². The predicted molar refractivity (Wildman–Crippen MR) is 125 cm³/mol. The first-order chi connectivity index (χ1) is 15.5. The number of hydrogen-bond acceptors (Lipinski definition) is 3. The number of amides is 2. The number of hydrogen-bond donors (Lipinski definition) is 1. The van der Waals surface area contributed by atoms with Crippen molar-refractivity contribution in [2.24, 2.45) is 7.05 Å². The number of nitrogens with one attached hydrogen (secondary N) is 1. The summed E-state index contributed by atoms with van der Waals surface area (Å²) in [5.41, 5.74) is 6.25. The van der Waals surface area contributed by atoms with Crippen LogP contribution >= 0.6 is 0 Å². The molecule has 3 aromatic rings. The first-order valence-electron chi connectivity index (χ1n) is 10.9. The fraction of sp³-hybridized carbons (Fsp3) is 0.269. The van der Waals surface area contributed by atoms with Crippen molar-refractivity contribution in [3.8, 4) is 0 Å². The minimum Gasteiger partial charge on any atom is -0.357 e. The van der Waals surface area contributed by atoms with Crippen LogP contribution in [0.2, 0.25) is 0 Å². The standard InChI is InChI=1S/C26H28N4O2/c1-19-24(16-28-25(31)9-8-20-6-4-3-5-7-20)23-11-13-30(18-22(23)15-27-19)26(32)14-21-10-12-29(2)17-21/h3-10,12,15,17H,11,13-14,16,18H2,1-2H3,(H,28,31)/b9-8+. The van der Waals surface area contributed by atoms with Crippen molar-refractivity contribution in [2.45, 2.75) is 32.9 Å². The molecule has 6 heteroatoms. The monoisotopic (exact) mass is 428 g/mol. The lowest BCUT2D eigenvalue weighted by atomic mass is 9.94. The first kappa shape index (κ1) is 21.6. The molecule has 1 N–H and O–H groups in total. The summed E-state index contributed by atoms with van der Waals surface area (Å²) in [6.45, 7) is 3.63. The van der Waals surface area contributed by atoms with E-state index in [0.717, 1.165) is 34.4 Å². The number of fused-ring (bicyclic) bond motifs is 1. The SMILES string of the molecule is Cc1ncc2c(c1CNC(=O)/C=C/c1ccccc1)CCN(C(=O)Cc1ccn(C)c1)C2. The molecule has 0 atom stereocenters. The van der Waals surface area contributed by atoms with Gasteiger partial charge in [-0.15, -0.1) is 0 Å². The summed E-state index contributed by atoms with van der Waals surface area (Å²) in [5.74, 6) is -0.00958. The van der Waals surface area contributed by atoms with Crippen LogP contribution in [0.25, 0.3) is 6.08 Å². The number of nitrogens with zero attached hydrogens (tertiary/aromatic N) is 3. The Morgan fingerprint density at radius 1 is 1.19 bits per heavy atom. The van der Waals surface area contributed by atoms with Crippen molar-refractivity contribution in [1.82, 2.24) is 19.8 Å². The summed E-state index contributed by atoms with van der Waals surface area (Å²) >= 11 is 0. The normalized spacial score (nSPS) is 13.2. The van der Waals surface area contributed by atoms with Crippen molar-refractivity contribution < 1.29 is 9.59 Å². The molecule has 0 saturated carbocycles. The molecular weight excluding hydrogens is 400 g/mol. The molecule has 4 rings (SSSR count). The van der Waals surface area contributed by atoms with Gasteiger partial charge in [0.15, 0.2) is 0 Å². The smallest absolute Gasteiger partial charge is 0.244 e. The summed E-state index contributed by atoms with van der Waals surface area (Å²) in [5, 5.41) is 2.98. The number of rotatable bonds is 6. The maximum atomic E-state index is 12.8. The highest BCUT2D eigenvalue weighted by molar-refractivity contribution is 5.91. The Morgan fingerprint density at radius 2 is 2.00 bits per heavy atom. The van der Waals surface area contributed by atoms with Crippen LogP contribution in [-0.4, -0.2) is 32.8 Å². The lowest BCUT2D eigenvalue weighted by molar-refractivity contribution is -0.131. The van der Waals surface area contributed by atoms with Gasteiger partial charge in [-0.1, -0.05) is 30.3 Å². The number of pyridine rings is 1. The molecule has 0 spiro atoms. The Bertz CT molecular complexity index is 1150. The third kappa shape index (κ3) is 5.14. The van der Waals surface area contributed by atoms with Crippen LogP contribution in [0.1, 0.15) is 33.5 Å². The molecule has 3 heterocycles. The molecular formula is C26H28N4O2. The van der Waals surface area contributed by atoms with Gasteiger partial charge in [0.05, 0.1) is 6.42 Å². The summed E-state index contributed by atoms with van der Waals surface area (Å²) in [6.07, 6.45) is 10.3. The van der Waals surface area contributed by atoms with Crippen molar-refractivity contribution in [3.05, 3.63) is 94.6 Å². The number of carbonyl (C=O) groups excluding carboxylic acids is 2. The van der Waals surface area contributed by atoms with E-state index in [4.69, 9.17) is 0 Å². The summed E-state index contributed by atoms with van der Waals surface area (Å²) in [4.78, 5) is 31.5. The highest BCUT2D eigenvalue weighted by Gasteiger charge is 2.24. The lowest BCUT2D eigenvalue weighted by Crippen LogP contribution is -2.38. The second-order valence-corrected chi connectivity index (χ2v) is 8.22. The van der Waals surface area contributed by atoms with Crippen molar-refractivity contribution in [3.63, 3.8) is 0 Å². The molecule has 1 aliphatic rings. The van der Waals surface area contributed by atoms with Crippen LogP contribution in [0, 0.1) is 6.92 Å². The highest BCUT2D eigenvalue weighted by Crippen LogP contribution is 2.24. The summed E-state index contributed by atoms with van der Waals surface area (Å²) in [6, 6.07) is 11.7. The van der Waals surface area contributed by atoms with E-state index in [1.165, 1.54) is 5.56 Å². The molecule has 164 valence electrons.